The molecule has 8 nitrogen and oxygen atoms in total. The molecule has 0 unspecified atom stereocenters. The number of carbonyl (C=O) groups is 1. The molecule has 0 saturated carbocycles. The van der Waals surface area contributed by atoms with Crippen molar-refractivity contribution < 1.29 is 18.7 Å². The summed E-state index contributed by atoms with van der Waals surface area (Å²) in [6, 6.07) is 6.81. The van der Waals surface area contributed by atoms with Crippen LogP contribution < -0.4 is 26.0 Å². The van der Waals surface area contributed by atoms with Crippen molar-refractivity contribution in [2.24, 2.45) is 0 Å². The number of ether oxygens (including phenoxy) is 2. The lowest BCUT2D eigenvalue weighted by Crippen LogP contribution is -2.45. The van der Waals surface area contributed by atoms with Gasteiger partial charge >= 0.3 is 0 Å². The minimum Gasteiger partial charge on any atom is -0.491 e. The van der Waals surface area contributed by atoms with Gasteiger partial charge < -0.3 is 30.7 Å². The number of methoxy groups -OCH3 is 1. The number of carbonyl (C=O) groups excluding carboxylic acids is 1. The molecule has 0 aliphatic carbocycles. The van der Waals surface area contributed by atoms with Crippen LogP contribution in [0, 0.1) is 12.7 Å². The Morgan fingerprint density at radius 2 is 2.26 bits per heavy atom. The average molecular weight is 500 g/mol. The van der Waals surface area contributed by atoms with E-state index >= 15 is 4.39 Å². The van der Waals surface area contributed by atoms with E-state index in [1.165, 1.54) is 11.3 Å². The molecule has 1 fully saturated rings. The molecule has 10 heteroatoms. The Morgan fingerprint density at radius 3 is 3.06 bits per heavy atom. The second-order valence-electron chi connectivity index (χ2n) is 9.49. The number of nitrogens with zero attached hydrogens (tertiary/aromatic N) is 2. The van der Waals surface area contributed by atoms with Gasteiger partial charge in [0.1, 0.15) is 27.9 Å². The van der Waals surface area contributed by atoms with Crippen LogP contribution in [0.25, 0.3) is 10.2 Å². The van der Waals surface area contributed by atoms with Crippen molar-refractivity contribution in [1.29, 1.82) is 0 Å². The van der Waals surface area contributed by atoms with E-state index in [9.17, 15) is 4.79 Å². The Labute approximate surface area is 207 Å². The monoisotopic (exact) mass is 499 g/mol. The summed E-state index contributed by atoms with van der Waals surface area (Å²) in [5.74, 6) is -0.121. The van der Waals surface area contributed by atoms with E-state index in [-0.39, 0.29) is 30.0 Å². The van der Waals surface area contributed by atoms with Crippen molar-refractivity contribution in [1.82, 2.24) is 15.6 Å². The van der Waals surface area contributed by atoms with Crippen LogP contribution in [-0.2, 0) is 11.2 Å². The molecule has 1 amide bonds. The summed E-state index contributed by atoms with van der Waals surface area (Å²) in [6.45, 7) is 7.07. The number of hydrogen-bond donors (Lipinski definition) is 3. The number of pyridine rings is 1. The number of aryl methyl sites for hydroxylation is 1. The van der Waals surface area contributed by atoms with Gasteiger partial charge in [-0.3, -0.25) is 4.79 Å². The number of benzene rings is 1. The lowest BCUT2D eigenvalue weighted by Gasteiger charge is -2.33. The van der Waals surface area contributed by atoms with Crippen molar-refractivity contribution in [3.8, 4) is 5.75 Å². The van der Waals surface area contributed by atoms with Crippen molar-refractivity contribution >= 4 is 38.8 Å². The number of hydrogen-bond acceptors (Lipinski definition) is 8. The molecule has 2 aliphatic rings. The summed E-state index contributed by atoms with van der Waals surface area (Å²) in [7, 11) is 1.69. The fraction of sp³-hybridized carbons (Fsp3) is 0.440. The fourth-order valence-electron chi connectivity index (χ4n) is 4.67. The molecule has 186 valence electrons. The predicted octanol–water partition coefficient (Wildman–Crippen LogP) is 2.87. The number of rotatable bonds is 4. The Morgan fingerprint density at radius 1 is 1.43 bits per heavy atom. The Hall–Kier alpha value is -2.95. The third-order valence-electron chi connectivity index (χ3n) is 6.75. The minimum absolute atomic E-state index is 0.251. The second kappa shape index (κ2) is 9.25. The SMILES string of the molecule is CO[C@@]1(C)CNCCN(c2cc(F)c3c(c2)OC[C@H](NC(=O)c2sc4nc(C)ccc4c2N)C3)C1. The highest BCUT2D eigenvalue weighted by Crippen LogP contribution is 2.35. The highest BCUT2D eigenvalue weighted by atomic mass is 32.1. The van der Waals surface area contributed by atoms with Gasteiger partial charge in [0.25, 0.3) is 5.91 Å². The van der Waals surface area contributed by atoms with Gasteiger partial charge in [-0.25, -0.2) is 9.37 Å². The van der Waals surface area contributed by atoms with E-state index in [0.717, 1.165) is 41.2 Å². The van der Waals surface area contributed by atoms with Crippen LogP contribution in [0.2, 0.25) is 0 Å². The molecule has 5 rings (SSSR count). The zero-order valence-corrected chi connectivity index (χ0v) is 20.9. The molecule has 2 aromatic heterocycles. The topological polar surface area (TPSA) is 102 Å². The maximum absolute atomic E-state index is 15.2. The third-order valence-corrected chi connectivity index (χ3v) is 7.86. The van der Waals surface area contributed by atoms with Crippen LogP contribution in [0.5, 0.6) is 5.75 Å². The lowest BCUT2D eigenvalue weighted by molar-refractivity contribution is 0.0177. The number of amides is 1. The molecule has 0 radical (unpaired) electrons. The molecule has 0 spiro atoms. The van der Waals surface area contributed by atoms with E-state index in [0.29, 0.717) is 34.8 Å². The first kappa shape index (κ1) is 23.8. The molecule has 0 bridgehead atoms. The third kappa shape index (κ3) is 4.65. The normalized spacial score (nSPS) is 22.4. The largest absolute Gasteiger partial charge is 0.491 e. The van der Waals surface area contributed by atoms with Crippen molar-refractivity contribution in [2.45, 2.75) is 31.9 Å². The number of thiophene rings is 1. The van der Waals surface area contributed by atoms with Crippen LogP contribution in [0.4, 0.5) is 15.8 Å². The van der Waals surface area contributed by atoms with E-state index in [1.54, 1.807) is 13.2 Å². The van der Waals surface area contributed by atoms with Crippen molar-refractivity contribution in [2.75, 3.05) is 50.5 Å². The zero-order valence-electron chi connectivity index (χ0n) is 20.1. The summed E-state index contributed by atoms with van der Waals surface area (Å²) < 4.78 is 26.9. The fourth-order valence-corrected chi connectivity index (χ4v) is 5.71. The van der Waals surface area contributed by atoms with Gasteiger partial charge in [0.05, 0.1) is 17.3 Å². The van der Waals surface area contributed by atoms with Crippen molar-refractivity contribution in [3.05, 3.63) is 46.2 Å². The molecule has 2 aliphatic heterocycles. The van der Waals surface area contributed by atoms with Gasteiger partial charge in [-0.15, -0.1) is 11.3 Å². The number of nitrogen functional groups attached to an aromatic ring is 1. The molecular formula is C25H30FN5O3S. The van der Waals surface area contributed by atoms with Crippen LogP contribution >= 0.6 is 11.3 Å². The maximum Gasteiger partial charge on any atom is 0.263 e. The number of anilines is 2. The summed E-state index contributed by atoms with van der Waals surface area (Å²) in [6.07, 6.45) is 0.340. The quantitative estimate of drug-likeness (QED) is 0.507. The molecule has 3 aromatic rings. The van der Waals surface area contributed by atoms with E-state index in [1.807, 2.05) is 32.0 Å². The van der Waals surface area contributed by atoms with Crippen molar-refractivity contribution in [3.63, 3.8) is 0 Å². The minimum atomic E-state index is -0.373. The van der Waals surface area contributed by atoms with Crippen LogP contribution in [0.1, 0.15) is 27.9 Å². The van der Waals surface area contributed by atoms with E-state index < -0.39 is 0 Å². The zero-order chi connectivity index (χ0) is 24.7. The molecule has 35 heavy (non-hydrogen) atoms. The highest BCUT2D eigenvalue weighted by molar-refractivity contribution is 7.21. The molecule has 1 saturated heterocycles. The first-order chi connectivity index (χ1) is 16.8. The van der Waals surface area contributed by atoms with Gasteiger partial charge in [0, 0.05) is 68.1 Å². The molecule has 2 atom stereocenters. The summed E-state index contributed by atoms with van der Waals surface area (Å²) in [5.41, 5.74) is 8.36. The van der Waals surface area contributed by atoms with Gasteiger partial charge in [0.15, 0.2) is 0 Å². The second-order valence-corrected chi connectivity index (χ2v) is 10.5. The Bertz CT molecular complexity index is 1280. The number of aromatic nitrogens is 1. The summed E-state index contributed by atoms with van der Waals surface area (Å²) >= 11 is 1.26. The molecule has 4 heterocycles. The standard InChI is InChI=1S/C25H30FN5O3S/c1-14-4-5-17-21(27)22(35-24(17)29-14)23(32)30-15-8-18-19(26)9-16(10-20(18)34-11-15)31-7-6-28-12-25(2,13-31)33-3/h4-5,9-10,15,28H,6-8,11-13,27H2,1-3H3,(H,30,32)/t15-,25+/m1/s1. The smallest absolute Gasteiger partial charge is 0.263 e. The first-order valence-electron chi connectivity index (χ1n) is 11.7. The molecule has 4 N–H and O–H groups in total. The number of nitrogens with one attached hydrogen (secondary N) is 2. The predicted molar refractivity (Wildman–Crippen MR) is 136 cm³/mol. The first-order valence-corrected chi connectivity index (χ1v) is 12.5. The summed E-state index contributed by atoms with van der Waals surface area (Å²) in [4.78, 5) is 20.7. The number of nitrogens with two attached hydrogens (primary N) is 1. The summed E-state index contributed by atoms with van der Waals surface area (Å²) in [5, 5.41) is 7.10. The van der Waals surface area contributed by atoms with Crippen LogP contribution in [0.3, 0.4) is 0 Å². The van der Waals surface area contributed by atoms with Crippen LogP contribution in [0.15, 0.2) is 24.3 Å². The Balaban J connectivity index is 1.32. The number of fused-ring (bicyclic) bond motifs is 2. The molecular weight excluding hydrogens is 469 g/mol. The number of halogens is 1. The van der Waals surface area contributed by atoms with Gasteiger partial charge in [0.2, 0.25) is 0 Å². The van der Waals surface area contributed by atoms with Gasteiger partial charge in [-0.05, 0) is 32.0 Å². The highest BCUT2D eigenvalue weighted by Gasteiger charge is 2.31. The Kier molecular flexibility index (Phi) is 6.29. The maximum atomic E-state index is 15.2. The van der Waals surface area contributed by atoms with Gasteiger partial charge in [-0.2, -0.15) is 0 Å². The van der Waals surface area contributed by atoms with E-state index in [2.05, 4.69) is 20.5 Å². The van der Waals surface area contributed by atoms with E-state index in [4.69, 9.17) is 15.2 Å². The molecule has 1 aromatic carbocycles. The van der Waals surface area contributed by atoms with Gasteiger partial charge in [-0.1, -0.05) is 0 Å². The van der Waals surface area contributed by atoms with Crippen LogP contribution in [-0.4, -0.2) is 62.4 Å². The average Bonchev–Trinajstić information content (AvgIpc) is 3.02. The lowest BCUT2D eigenvalue weighted by atomic mass is 10.0.